The summed E-state index contributed by atoms with van der Waals surface area (Å²) < 4.78 is 11.4. The second-order valence-corrected chi connectivity index (χ2v) is 5.61. The lowest BCUT2D eigenvalue weighted by atomic mass is 9.89. The Labute approximate surface area is 104 Å². The fraction of sp³-hybridized carbons (Fsp3) is 1.00. The van der Waals surface area contributed by atoms with E-state index in [0.29, 0.717) is 12.6 Å². The molecule has 0 aromatic carbocycles. The third-order valence-corrected chi connectivity index (χ3v) is 4.09. The normalized spacial score (nSPS) is 28.4. The summed E-state index contributed by atoms with van der Waals surface area (Å²) in [4.78, 5) is 0. The zero-order valence-electron chi connectivity index (χ0n) is 11.0. The Morgan fingerprint density at radius 2 is 1.88 bits per heavy atom. The summed E-state index contributed by atoms with van der Waals surface area (Å²) >= 11 is 0. The summed E-state index contributed by atoms with van der Waals surface area (Å²) in [7, 11) is 0. The number of rotatable bonds is 4. The van der Waals surface area contributed by atoms with E-state index >= 15 is 0 Å². The van der Waals surface area contributed by atoms with E-state index in [4.69, 9.17) is 9.47 Å². The maximum absolute atomic E-state index is 9.95. The first kappa shape index (κ1) is 13.3. The van der Waals surface area contributed by atoms with Crippen LogP contribution in [0.4, 0.5) is 0 Å². The van der Waals surface area contributed by atoms with Crippen LogP contribution in [0.3, 0.4) is 0 Å². The van der Waals surface area contributed by atoms with Gasteiger partial charge >= 0.3 is 0 Å². The highest BCUT2D eigenvalue weighted by Crippen LogP contribution is 2.35. The topological polar surface area (TPSA) is 50.7 Å². The second kappa shape index (κ2) is 5.22. The predicted octanol–water partition coefficient (Wildman–Crippen LogP) is 1.42. The van der Waals surface area contributed by atoms with Crippen molar-refractivity contribution in [1.82, 2.24) is 5.32 Å². The number of nitrogens with one attached hydrogen (secondary N) is 1. The molecule has 2 N–H and O–H groups in total. The molecule has 1 saturated heterocycles. The van der Waals surface area contributed by atoms with Gasteiger partial charge < -0.3 is 19.9 Å². The van der Waals surface area contributed by atoms with Gasteiger partial charge in [0.15, 0.2) is 5.79 Å². The van der Waals surface area contributed by atoms with Gasteiger partial charge in [0, 0.05) is 25.4 Å². The van der Waals surface area contributed by atoms with Gasteiger partial charge in [-0.15, -0.1) is 0 Å². The summed E-state index contributed by atoms with van der Waals surface area (Å²) in [5.41, 5.74) is -0.588. The number of hydrogen-bond acceptors (Lipinski definition) is 4. The van der Waals surface area contributed by atoms with E-state index in [0.717, 1.165) is 45.3 Å². The van der Waals surface area contributed by atoms with Crippen molar-refractivity contribution in [3.8, 4) is 0 Å². The summed E-state index contributed by atoms with van der Waals surface area (Å²) in [6, 6.07) is 0.492. The fourth-order valence-electron chi connectivity index (χ4n) is 2.54. The van der Waals surface area contributed by atoms with Crippen molar-refractivity contribution < 1.29 is 14.6 Å². The molecule has 17 heavy (non-hydrogen) atoms. The minimum Gasteiger partial charge on any atom is -0.389 e. The van der Waals surface area contributed by atoms with Gasteiger partial charge in [0.05, 0.1) is 18.8 Å². The third kappa shape index (κ3) is 3.41. The maximum atomic E-state index is 9.95. The quantitative estimate of drug-likeness (QED) is 0.784. The van der Waals surface area contributed by atoms with Crippen molar-refractivity contribution in [2.24, 2.45) is 0 Å². The molecular formula is C13H25NO3. The highest BCUT2D eigenvalue weighted by molar-refractivity contribution is 4.87. The summed E-state index contributed by atoms with van der Waals surface area (Å²) in [5, 5.41) is 13.4. The Morgan fingerprint density at radius 3 is 2.41 bits per heavy atom. The minimum absolute atomic E-state index is 0.272. The van der Waals surface area contributed by atoms with Crippen molar-refractivity contribution in [2.45, 2.75) is 63.4 Å². The van der Waals surface area contributed by atoms with E-state index in [2.05, 4.69) is 5.32 Å². The molecule has 100 valence electrons. The average molecular weight is 243 g/mol. The first-order chi connectivity index (χ1) is 8.05. The van der Waals surface area contributed by atoms with Crippen LogP contribution in [0.25, 0.3) is 0 Å². The zero-order chi connectivity index (χ0) is 12.4. The van der Waals surface area contributed by atoms with Crippen molar-refractivity contribution >= 4 is 0 Å². The van der Waals surface area contributed by atoms with Gasteiger partial charge in [0.25, 0.3) is 0 Å². The Hall–Kier alpha value is -0.160. The molecule has 0 amide bonds. The van der Waals surface area contributed by atoms with Crippen molar-refractivity contribution in [2.75, 3.05) is 19.8 Å². The number of aliphatic hydroxyl groups is 1. The summed E-state index contributed by atoms with van der Waals surface area (Å²) in [6.45, 7) is 6.04. The summed E-state index contributed by atoms with van der Waals surface area (Å²) in [6.07, 6.45) is 4.86. The SMILES string of the molecule is CCC(C)(O)CNC1CCC2(CC1)OCCO2. The lowest BCUT2D eigenvalue weighted by Gasteiger charge is -2.36. The molecule has 1 aliphatic carbocycles. The molecule has 2 aliphatic rings. The molecule has 1 aliphatic heterocycles. The van der Waals surface area contributed by atoms with Gasteiger partial charge in [-0.3, -0.25) is 0 Å². The minimum atomic E-state index is -0.588. The van der Waals surface area contributed by atoms with Crippen LogP contribution in [-0.2, 0) is 9.47 Å². The van der Waals surface area contributed by atoms with E-state index < -0.39 is 5.60 Å². The predicted molar refractivity (Wildman–Crippen MR) is 65.8 cm³/mol. The monoisotopic (exact) mass is 243 g/mol. The van der Waals surface area contributed by atoms with Crippen molar-refractivity contribution in [3.05, 3.63) is 0 Å². The van der Waals surface area contributed by atoms with E-state index in [1.54, 1.807) is 0 Å². The number of ether oxygens (including phenoxy) is 2. The Morgan fingerprint density at radius 1 is 1.29 bits per heavy atom. The molecule has 2 rings (SSSR count). The van der Waals surface area contributed by atoms with Crippen molar-refractivity contribution in [1.29, 1.82) is 0 Å². The highest BCUT2D eigenvalue weighted by atomic mass is 16.7. The fourth-order valence-corrected chi connectivity index (χ4v) is 2.54. The molecule has 4 heteroatoms. The van der Waals surface area contributed by atoms with E-state index in [1.165, 1.54) is 0 Å². The smallest absolute Gasteiger partial charge is 0.168 e. The lowest BCUT2D eigenvalue weighted by Crippen LogP contribution is -2.46. The molecule has 1 atom stereocenters. The van der Waals surface area contributed by atoms with Crippen LogP contribution in [-0.4, -0.2) is 42.3 Å². The maximum Gasteiger partial charge on any atom is 0.168 e. The Balaban J connectivity index is 1.72. The molecule has 0 aromatic heterocycles. The van der Waals surface area contributed by atoms with Crippen LogP contribution in [0, 0.1) is 0 Å². The molecule has 1 saturated carbocycles. The average Bonchev–Trinajstić information content (AvgIpc) is 2.77. The van der Waals surface area contributed by atoms with Gasteiger partial charge in [-0.05, 0) is 26.2 Å². The van der Waals surface area contributed by atoms with Gasteiger partial charge in [-0.1, -0.05) is 6.92 Å². The van der Waals surface area contributed by atoms with Crippen LogP contribution < -0.4 is 5.32 Å². The van der Waals surface area contributed by atoms with Crippen LogP contribution in [0.15, 0.2) is 0 Å². The molecule has 2 fully saturated rings. The van der Waals surface area contributed by atoms with Crippen LogP contribution in [0.5, 0.6) is 0 Å². The standard InChI is InChI=1S/C13H25NO3/c1-3-12(2,15)10-14-11-4-6-13(7-5-11)16-8-9-17-13/h11,14-15H,3-10H2,1-2H3. The van der Waals surface area contributed by atoms with E-state index in [-0.39, 0.29) is 5.79 Å². The van der Waals surface area contributed by atoms with E-state index in [1.807, 2.05) is 13.8 Å². The molecule has 1 unspecified atom stereocenters. The van der Waals surface area contributed by atoms with Crippen LogP contribution in [0.2, 0.25) is 0 Å². The molecule has 0 aromatic rings. The second-order valence-electron chi connectivity index (χ2n) is 5.61. The van der Waals surface area contributed by atoms with Gasteiger partial charge in [0.1, 0.15) is 0 Å². The molecule has 0 bridgehead atoms. The molecule has 4 nitrogen and oxygen atoms in total. The summed E-state index contributed by atoms with van der Waals surface area (Å²) in [5.74, 6) is -0.272. The van der Waals surface area contributed by atoms with E-state index in [9.17, 15) is 5.11 Å². The largest absolute Gasteiger partial charge is 0.389 e. The van der Waals surface area contributed by atoms with Gasteiger partial charge in [-0.25, -0.2) is 0 Å². The Kier molecular flexibility index (Phi) is 4.08. The van der Waals surface area contributed by atoms with Crippen LogP contribution >= 0.6 is 0 Å². The molecule has 1 spiro atoms. The molecule has 0 radical (unpaired) electrons. The lowest BCUT2D eigenvalue weighted by molar-refractivity contribution is -0.179. The van der Waals surface area contributed by atoms with Crippen molar-refractivity contribution in [3.63, 3.8) is 0 Å². The zero-order valence-corrected chi connectivity index (χ0v) is 11.0. The van der Waals surface area contributed by atoms with Gasteiger partial charge in [0.2, 0.25) is 0 Å². The highest BCUT2D eigenvalue weighted by Gasteiger charge is 2.40. The molecular weight excluding hydrogens is 218 g/mol. The first-order valence-electron chi connectivity index (χ1n) is 6.79. The molecule has 1 heterocycles. The Bertz CT molecular complexity index is 239. The first-order valence-corrected chi connectivity index (χ1v) is 6.79. The third-order valence-electron chi connectivity index (χ3n) is 4.09. The number of hydrogen-bond donors (Lipinski definition) is 2. The van der Waals surface area contributed by atoms with Crippen LogP contribution in [0.1, 0.15) is 46.0 Å². The van der Waals surface area contributed by atoms with Gasteiger partial charge in [-0.2, -0.15) is 0 Å².